The Kier molecular flexibility index (Phi) is 5.77. The summed E-state index contributed by atoms with van der Waals surface area (Å²) < 4.78 is 15.1. The van der Waals surface area contributed by atoms with E-state index in [-0.39, 0.29) is 0 Å². The number of epoxide rings is 2. The molecule has 0 aromatic heterocycles. The van der Waals surface area contributed by atoms with Gasteiger partial charge in [0.2, 0.25) is 0 Å². The molecule has 4 rings (SSSR count). The lowest BCUT2D eigenvalue weighted by Crippen LogP contribution is -2.06. The van der Waals surface area contributed by atoms with Crippen LogP contribution in [0, 0.1) is 0 Å². The third-order valence-electron chi connectivity index (χ3n) is 3.68. The van der Waals surface area contributed by atoms with Crippen molar-refractivity contribution in [2.75, 3.05) is 26.4 Å². The molecule has 122 valence electrons. The highest BCUT2D eigenvalue weighted by Gasteiger charge is 2.26. The molecule has 2 aliphatic heterocycles. The van der Waals surface area contributed by atoms with E-state index in [0.29, 0.717) is 18.8 Å². The van der Waals surface area contributed by atoms with Gasteiger partial charge in [0, 0.05) is 6.54 Å². The summed E-state index contributed by atoms with van der Waals surface area (Å²) in [5, 5.41) is 0. The van der Waals surface area contributed by atoms with Crippen LogP contribution in [0.1, 0.15) is 5.56 Å². The largest absolute Gasteiger partial charge is 0.376 e. The van der Waals surface area contributed by atoms with E-state index >= 15 is 0 Å². The van der Waals surface area contributed by atoms with Crippen LogP contribution in [0.2, 0.25) is 0 Å². The van der Waals surface area contributed by atoms with E-state index in [0.717, 1.165) is 26.4 Å². The normalized spacial score (nSPS) is 21.3. The van der Waals surface area contributed by atoms with Crippen molar-refractivity contribution >= 4 is 0 Å². The van der Waals surface area contributed by atoms with Gasteiger partial charge in [-0.3, -0.25) is 0 Å². The van der Waals surface area contributed by atoms with Gasteiger partial charge in [-0.25, -0.2) is 0 Å². The van der Waals surface area contributed by atoms with E-state index in [1.807, 2.05) is 30.3 Å². The highest BCUT2D eigenvalue weighted by molar-refractivity contribution is 5.63. The highest BCUT2D eigenvalue weighted by Crippen LogP contribution is 2.19. The first-order valence-electron chi connectivity index (χ1n) is 8.00. The van der Waals surface area contributed by atoms with Crippen molar-refractivity contribution < 1.29 is 14.2 Å². The number of nitrogens with two attached hydrogens (primary N) is 1. The van der Waals surface area contributed by atoms with Crippen molar-refractivity contribution in [3.8, 4) is 11.1 Å². The monoisotopic (exact) mass is 313 g/mol. The zero-order valence-electron chi connectivity index (χ0n) is 13.2. The molecule has 2 unspecified atom stereocenters. The van der Waals surface area contributed by atoms with Crippen molar-refractivity contribution in [1.82, 2.24) is 0 Å². The van der Waals surface area contributed by atoms with Crippen LogP contribution in [0.5, 0.6) is 0 Å². The molecule has 0 aliphatic carbocycles. The van der Waals surface area contributed by atoms with Gasteiger partial charge in [0.25, 0.3) is 0 Å². The second-order valence-electron chi connectivity index (χ2n) is 5.72. The number of hydrogen-bond donors (Lipinski definition) is 1. The minimum atomic E-state index is 0.392. The molecule has 2 atom stereocenters. The Labute approximate surface area is 137 Å². The Morgan fingerprint density at radius 2 is 1.48 bits per heavy atom. The summed E-state index contributed by atoms with van der Waals surface area (Å²) in [6.07, 6.45) is 0.785. The Bertz CT molecular complexity index is 583. The van der Waals surface area contributed by atoms with Gasteiger partial charge < -0.3 is 19.9 Å². The van der Waals surface area contributed by atoms with Crippen LogP contribution in [0.15, 0.2) is 54.6 Å². The predicted octanol–water partition coefficient (Wildman–Crippen LogP) is 2.61. The van der Waals surface area contributed by atoms with Gasteiger partial charge in [-0.05, 0) is 22.8 Å². The first kappa shape index (κ1) is 16.1. The van der Waals surface area contributed by atoms with Gasteiger partial charge in [-0.15, -0.1) is 0 Å². The molecule has 2 aromatic rings. The second-order valence-corrected chi connectivity index (χ2v) is 5.72. The average molecular weight is 313 g/mol. The first-order chi connectivity index (χ1) is 11.3. The SMILES string of the molecule is C(OCC1CO1)C1CO1.NCc1cccc(-c2ccccc2)c1. The summed E-state index contributed by atoms with van der Waals surface area (Å²) in [5.41, 5.74) is 9.24. The summed E-state index contributed by atoms with van der Waals surface area (Å²) in [5.74, 6) is 0. The summed E-state index contributed by atoms with van der Waals surface area (Å²) >= 11 is 0. The number of benzene rings is 2. The summed E-state index contributed by atoms with van der Waals surface area (Å²) in [6, 6.07) is 18.7. The minimum Gasteiger partial charge on any atom is -0.376 e. The van der Waals surface area contributed by atoms with Crippen molar-refractivity contribution in [1.29, 1.82) is 0 Å². The molecule has 2 heterocycles. The molecule has 0 spiro atoms. The maximum absolute atomic E-state index is 5.60. The Morgan fingerprint density at radius 1 is 0.870 bits per heavy atom. The molecule has 4 nitrogen and oxygen atoms in total. The molecule has 23 heavy (non-hydrogen) atoms. The van der Waals surface area contributed by atoms with Crippen LogP contribution in [0.3, 0.4) is 0 Å². The van der Waals surface area contributed by atoms with E-state index in [4.69, 9.17) is 19.9 Å². The van der Waals surface area contributed by atoms with Crippen molar-refractivity contribution in [3.05, 3.63) is 60.2 Å². The molecule has 2 saturated heterocycles. The predicted molar refractivity (Wildman–Crippen MR) is 90.1 cm³/mol. The molecule has 0 amide bonds. The maximum Gasteiger partial charge on any atom is 0.104 e. The third kappa shape index (κ3) is 5.77. The lowest BCUT2D eigenvalue weighted by Gasteiger charge is -2.03. The lowest BCUT2D eigenvalue weighted by molar-refractivity contribution is 0.102. The second kappa shape index (κ2) is 8.22. The smallest absolute Gasteiger partial charge is 0.104 e. The van der Waals surface area contributed by atoms with Gasteiger partial charge in [0.15, 0.2) is 0 Å². The zero-order chi connectivity index (χ0) is 15.9. The summed E-state index contributed by atoms with van der Waals surface area (Å²) in [6.45, 7) is 3.86. The van der Waals surface area contributed by atoms with Crippen LogP contribution in [0.25, 0.3) is 11.1 Å². The fourth-order valence-electron chi connectivity index (χ4n) is 2.17. The Balaban J connectivity index is 0.000000149. The molecule has 2 N–H and O–H groups in total. The standard InChI is InChI=1S/C13H13N.C6H10O3/c14-10-11-5-4-8-13(9-11)12-6-2-1-3-7-12;1(5-3-8-5)7-2-6-4-9-6/h1-9H,10,14H2;5-6H,1-4H2. The van der Waals surface area contributed by atoms with Crippen molar-refractivity contribution in [2.24, 2.45) is 5.73 Å². The lowest BCUT2D eigenvalue weighted by atomic mass is 10.0. The van der Waals surface area contributed by atoms with Gasteiger partial charge in [0.05, 0.1) is 26.4 Å². The van der Waals surface area contributed by atoms with Gasteiger partial charge >= 0.3 is 0 Å². The maximum atomic E-state index is 5.60. The molecular weight excluding hydrogens is 290 g/mol. The first-order valence-corrected chi connectivity index (χ1v) is 8.00. The van der Waals surface area contributed by atoms with Crippen LogP contribution >= 0.6 is 0 Å². The van der Waals surface area contributed by atoms with Gasteiger partial charge in [0.1, 0.15) is 12.2 Å². The molecule has 2 aliphatic rings. The molecule has 2 fully saturated rings. The Morgan fingerprint density at radius 3 is 2.04 bits per heavy atom. The third-order valence-corrected chi connectivity index (χ3v) is 3.68. The number of ether oxygens (including phenoxy) is 3. The van der Waals surface area contributed by atoms with Crippen LogP contribution in [-0.2, 0) is 20.8 Å². The molecule has 4 heteroatoms. The highest BCUT2D eigenvalue weighted by atomic mass is 16.6. The molecule has 2 aromatic carbocycles. The molecular formula is C19H23NO3. The fraction of sp³-hybridized carbons (Fsp3) is 0.368. The number of rotatable bonds is 6. The fourth-order valence-corrected chi connectivity index (χ4v) is 2.17. The average Bonchev–Trinajstić information content (AvgIpc) is 3.52. The molecule has 0 bridgehead atoms. The summed E-state index contributed by atoms with van der Waals surface area (Å²) in [4.78, 5) is 0. The van der Waals surface area contributed by atoms with Crippen LogP contribution in [-0.4, -0.2) is 38.6 Å². The van der Waals surface area contributed by atoms with Gasteiger partial charge in [-0.2, -0.15) is 0 Å². The van der Waals surface area contributed by atoms with E-state index in [9.17, 15) is 0 Å². The topological polar surface area (TPSA) is 60.3 Å². The van der Waals surface area contributed by atoms with E-state index < -0.39 is 0 Å². The van der Waals surface area contributed by atoms with Crippen molar-refractivity contribution in [3.63, 3.8) is 0 Å². The molecule has 0 radical (unpaired) electrons. The van der Waals surface area contributed by atoms with Gasteiger partial charge in [-0.1, -0.05) is 48.5 Å². The quantitative estimate of drug-likeness (QED) is 0.833. The van der Waals surface area contributed by atoms with E-state index in [1.165, 1.54) is 16.7 Å². The van der Waals surface area contributed by atoms with Crippen LogP contribution < -0.4 is 5.73 Å². The zero-order valence-corrected chi connectivity index (χ0v) is 13.2. The van der Waals surface area contributed by atoms with Crippen LogP contribution in [0.4, 0.5) is 0 Å². The minimum absolute atomic E-state index is 0.392. The van der Waals surface area contributed by atoms with E-state index in [1.54, 1.807) is 0 Å². The summed E-state index contributed by atoms with van der Waals surface area (Å²) in [7, 11) is 0. The van der Waals surface area contributed by atoms with Crippen molar-refractivity contribution in [2.45, 2.75) is 18.8 Å². The van der Waals surface area contributed by atoms with E-state index in [2.05, 4.69) is 24.3 Å². The molecule has 0 saturated carbocycles. The Hall–Kier alpha value is -1.72. The number of hydrogen-bond acceptors (Lipinski definition) is 4.